The fourth-order valence-corrected chi connectivity index (χ4v) is 9.94. The van der Waals surface area contributed by atoms with E-state index in [9.17, 15) is 14.4 Å². The molecule has 1 atom stereocenters. The van der Waals surface area contributed by atoms with Gasteiger partial charge < -0.3 is 14.2 Å². The Bertz CT molecular complexity index is 1310. The van der Waals surface area contributed by atoms with E-state index in [2.05, 4.69) is 69.4 Å². The van der Waals surface area contributed by atoms with Crippen LogP contribution in [-0.2, 0) is 28.6 Å². The van der Waals surface area contributed by atoms with Crippen LogP contribution in [-0.4, -0.2) is 37.2 Å². The van der Waals surface area contributed by atoms with Gasteiger partial charge >= 0.3 is 17.9 Å². The van der Waals surface area contributed by atoms with E-state index in [-0.39, 0.29) is 31.1 Å². The Morgan fingerprint density at radius 2 is 0.474 bits per heavy atom. The second-order valence-electron chi connectivity index (χ2n) is 22.7. The smallest absolute Gasteiger partial charge is 0.306 e. The maximum absolute atomic E-state index is 12.9. The predicted molar refractivity (Wildman–Crippen MR) is 330 cm³/mol. The van der Waals surface area contributed by atoms with E-state index in [4.69, 9.17) is 14.2 Å². The summed E-state index contributed by atoms with van der Waals surface area (Å²) < 4.78 is 17.0. The number of esters is 3. The number of unbranched alkanes of at least 4 members (excludes halogenated alkanes) is 43. The van der Waals surface area contributed by atoms with Crippen molar-refractivity contribution in [2.75, 3.05) is 13.2 Å². The summed E-state index contributed by atoms with van der Waals surface area (Å²) in [6.07, 6.45) is 81.2. The van der Waals surface area contributed by atoms with E-state index in [0.717, 1.165) is 70.6 Å². The van der Waals surface area contributed by atoms with Crippen molar-refractivity contribution in [3.05, 3.63) is 48.6 Å². The Hall–Kier alpha value is -2.63. The van der Waals surface area contributed by atoms with Crippen molar-refractivity contribution in [1.82, 2.24) is 0 Å². The maximum Gasteiger partial charge on any atom is 0.306 e. The number of rotatable bonds is 62. The molecule has 0 radical (unpaired) electrons. The minimum atomic E-state index is -0.779. The minimum absolute atomic E-state index is 0.0746. The first-order chi connectivity index (χ1) is 37.5. The Kier molecular flexibility index (Phi) is 62.6. The number of hydrogen-bond acceptors (Lipinski definition) is 6. The van der Waals surface area contributed by atoms with E-state index >= 15 is 0 Å². The number of hydrogen-bond donors (Lipinski definition) is 0. The third-order valence-electron chi connectivity index (χ3n) is 15.0. The summed E-state index contributed by atoms with van der Waals surface area (Å²) in [7, 11) is 0. The van der Waals surface area contributed by atoms with Crippen LogP contribution >= 0.6 is 0 Å². The van der Waals surface area contributed by atoms with Gasteiger partial charge in [-0.05, 0) is 103 Å². The molecule has 0 aliphatic heterocycles. The van der Waals surface area contributed by atoms with Crippen molar-refractivity contribution in [2.24, 2.45) is 0 Å². The third kappa shape index (κ3) is 62.2. The van der Waals surface area contributed by atoms with Crippen LogP contribution in [0.4, 0.5) is 0 Å². The van der Waals surface area contributed by atoms with E-state index in [1.54, 1.807) is 0 Å². The van der Waals surface area contributed by atoms with Crippen molar-refractivity contribution < 1.29 is 28.6 Å². The van der Waals surface area contributed by atoms with Gasteiger partial charge in [0.05, 0.1) is 0 Å². The fraction of sp³-hybridized carbons (Fsp3) is 0.843. The topological polar surface area (TPSA) is 78.9 Å². The van der Waals surface area contributed by atoms with Crippen molar-refractivity contribution in [3.8, 4) is 0 Å². The van der Waals surface area contributed by atoms with Crippen LogP contribution < -0.4 is 0 Å². The van der Waals surface area contributed by atoms with Gasteiger partial charge in [-0.25, -0.2) is 0 Å². The normalized spacial score (nSPS) is 12.3. The largest absolute Gasteiger partial charge is 0.462 e. The van der Waals surface area contributed by atoms with Gasteiger partial charge in [-0.15, -0.1) is 0 Å². The van der Waals surface area contributed by atoms with Crippen LogP contribution in [0.1, 0.15) is 361 Å². The highest BCUT2D eigenvalue weighted by molar-refractivity contribution is 5.71. The molecule has 0 aromatic carbocycles. The Morgan fingerprint density at radius 1 is 0.263 bits per heavy atom. The second kappa shape index (κ2) is 64.9. The zero-order chi connectivity index (χ0) is 55.0. The Morgan fingerprint density at radius 3 is 0.763 bits per heavy atom. The molecule has 6 nitrogen and oxygen atoms in total. The molecule has 0 saturated heterocycles. The highest BCUT2D eigenvalue weighted by atomic mass is 16.6. The number of allylic oxidation sites excluding steroid dienone is 8. The Labute approximate surface area is 473 Å². The zero-order valence-corrected chi connectivity index (χ0v) is 51.0. The summed E-state index contributed by atoms with van der Waals surface area (Å²) in [4.78, 5) is 38.4. The molecule has 444 valence electrons. The van der Waals surface area contributed by atoms with Crippen LogP contribution in [0.2, 0.25) is 0 Å². The van der Waals surface area contributed by atoms with Crippen LogP contribution in [0.3, 0.4) is 0 Å². The highest BCUT2D eigenvalue weighted by Crippen LogP contribution is 2.17. The van der Waals surface area contributed by atoms with Gasteiger partial charge in [0.25, 0.3) is 0 Å². The van der Waals surface area contributed by atoms with E-state index in [1.807, 2.05) is 0 Å². The van der Waals surface area contributed by atoms with Crippen LogP contribution in [0, 0.1) is 0 Å². The SMILES string of the molecule is CCCCC/C=C\C/C=C\CCCCCCCCCCCC(=O)OC(COC(=O)CCCCCCC/C=C\CCCCCCC)COC(=O)CCCCCCCCCCCCCCC/C=C\CCCCCCCCCC. The van der Waals surface area contributed by atoms with Crippen molar-refractivity contribution in [1.29, 1.82) is 0 Å². The van der Waals surface area contributed by atoms with Gasteiger partial charge in [0.2, 0.25) is 0 Å². The first kappa shape index (κ1) is 73.4. The molecule has 0 amide bonds. The average molecular weight is 1070 g/mol. The maximum atomic E-state index is 12.9. The van der Waals surface area contributed by atoms with E-state index in [1.165, 1.54) is 250 Å². The summed E-state index contributed by atoms with van der Waals surface area (Å²) >= 11 is 0. The van der Waals surface area contributed by atoms with Crippen molar-refractivity contribution in [3.63, 3.8) is 0 Å². The molecule has 0 aromatic heterocycles. The molecule has 0 aromatic rings. The molecule has 6 heteroatoms. The van der Waals surface area contributed by atoms with Gasteiger partial charge in [-0.3, -0.25) is 14.4 Å². The van der Waals surface area contributed by atoms with Crippen LogP contribution in [0.15, 0.2) is 48.6 Å². The minimum Gasteiger partial charge on any atom is -0.462 e. The molecule has 0 heterocycles. The molecular weight excluding hydrogens is 937 g/mol. The first-order valence-corrected chi connectivity index (χ1v) is 33.6. The molecule has 1 unspecified atom stereocenters. The lowest BCUT2D eigenvalue weighted by Gasteiger charge is -2.18. The van der Waals surface area contributed by atoms with E-state index < -0.39 is 6.10 Å². The van der Waals surface area contributed by atoms with Gasteiger partial charge in [0.15, 0.2) is 6.10 Å². The molecule has 0 fully saturated rings. The summed E-state index contributed by atoms with van der Waals surface area (Å²) in [5.74, 6) is -0.867. The zero-order valence-electron chi connectivity index (χ0n) is 51.0. The molecule has 0 spiro atoms. The molecule has 0 bridgehead atoms. The van der Waals surface area contributed by atoms with Gasteiger partial charge in [-0.2, -0.15) is 0 Å². The predicted octanol–water partition coefficient (Wildman–Crippen LogP) is 22.9. The monoisotopic (exact) mass is 1060 g/mol. The molecular formula is C70H128O6. The second-order valence-corrected chi connectivity index (χ2v) is 22.7. The van der Waals surface area contributed by atoms with Crippen LogP contribution in [0.25, 0.3) is 0 Å². The third-order valence-corrected chi connectivity index (χ3v) is 15.0. The molecule has 0 rings (SSSR count). The summed E-state index contributed by atoms with van der Waals surface area (Å²) in [6, 6.07) is 0. The number of carbonyl (C=O) groups excluding carboxylic acids is 3. The first-order valence-electron chi connectivity index (χ1n) is 33.6. The number of carbonyl (C=O) groups is 3. The lowest BCUT2D eigenvalue weighted by molar-refractivity contribution is -0.167. The van der Waals surface area contributed by atoms with Gasteiger partial charge in [-0.1, -0.05) is 288 Å². The van der Waals surface area contributed by atoms with Crippen molar-refractivity contribution >= 4 is 17.9 Å². The summed E-state index contributed by atoms with van der Waals surface area (Å²) in [5, 5.41) is 0. The quantitative estimate of drug-likeness (QED) is 0.0261. The average Bonchev–Trinajstić information content (AvgIpc) is 3.42. The lowest BCUT2D eigenvalue weighted by atomic mass is 10.0. The molecule has 76 heavy (non-hydrogen) atoms. The van der Waals surface area contributed by atoms with Gasteiger partial charge in [0, 0.05) is 19.3 Å². The Balaban J connectivity index is 4.28. The fourth-order valence-electron chi connectivity index (χ4n) is 9.94. The summed E-state index contributed by atoms with van der Waals surface area (Å²) in [6.45, 7) is 6.65. The van der Waals surface area contributed by atoms with Crippen molar-refractivity contribution in [2.45, 2.75) is 367 Å². The summed E-state index contributed by atoms with van der Waals surface area (Å²) in [5.41, 5.74) is 0. The molecule has 0 saturated carbocycles. The molecule has 0 aliphatic carbocycles. The van der Waals surface area contributed by atoms with Crippen LogP contribution in [0.5, 0.6) is 0 Å². The number of ether oxygens (including phenoxy) is 3. The van der Waals surface area contributed by atoms with E-state index in [0.29, 0.717) is 19.3 Å². The highest BCUT2D eigenvalue weighted by Gasteiger charge is 2.19. The standard InChI is InChI=1S/C70H128O6/c1-4-7-10-13-16-19-22-25-28-30-32-33-34-35-36-37-39-40-42-45-48-51-54-57-60-63-69(72)75-66-67(65-74-68(71)62-59-56-53-50-47-44-27-24-21-18-15-12-9-6-3)76-70(73)64-61-58-55-52-49-46-43-41-38-31-29-26-23-20-17-14-11-8-5-2/h17,20,24,26-27,29-30,32,67H,4-16,18-19,21-23,25,28,31,33-66H2,1-3H3/b20-17-,27-24-,29-26-,32-30-. The van der Waals surface area contributed by atoms with Gasteiger partial charge in [0.1, 0.15) is 13.2 Å². The molecule has 0 N–H and O–H groups in total. The molecule has 0 aliphatic rings. The lowest BCUT2D eigenvalue weighted by Crippen LogP contribution is -2.30.